The lowest BCUT2D eigenvalue weighted by Gasteiger charge is -2.15. The maximum Gasteiger partial charge on any atom is 0.264 e. The Kier molecular flexibility index (Phi) is 7.53. The van der Waals surface area contributed by atoms with Crippen LogP contribution in [0.15, 0.2) is 82.7 Å². The Hall–Kier alpha value is -3.30. The molecule has 0 atom stereocenters. The number of amides is 1. The molecule has 37 heavy (non-hydrogen) atoms. The van der Waals surface area contributed by atoms with Crippen molar-refractivity contribution in [3.8, 4) is 11.5 Å². The standard InChI is InChI=1S/C30H25IN2O3S/c1-18-11-19(2)13-23(12-18)32-30-33-29(34)27(37-30)16-20-14-25(31)28(26(15-20)35-3)36-17-22-9-6-8-21-7-4-5-10-24(21)22/h4-16H,17H2,1-3H3,(H,32,33,34)/b27-16-. The zero-order valence-corrected chi connectivity index (χ0v) is 23.6. The van der Waals surface area contributed by atoms with Crippen molar-refractivity contribution < 1.29 is 14.3 Å². The first-order valence-electron chi connectivity index (χ1n) is 11.7. The van der Waals surface area contributed by atoms with Gasteiger partial charge in [0.25, 0.3) is 5.91 Å². The summed E-state index contributed by atoms with van der Waals surface area (Å²) in [6.45, 7) is 4.49. The third-order valence-corrected chi connectivity index (χ3v) is 7.60. The van der Waals surface area contributed by atoms with Crippen LogP contribution in [-0.2, 0) is 11.4 Å². The van der Waals surface area contributed by atoms with Gasteiger partial charge in [-0.05, 0) is 112 Å². The van der Waals surface area contributed by atoms with Gasteiger partial charge in [0.15, 0.2) is 16.7 Å². The number of rotatable bonds is 6. The van der Waals surface area contributed by atoms with Gasteiger partial charge in [-0.1, -0.05) is 48.5 Å². The van der Waals surface area contributed by atoms with Crippen molar-refractivity contribution in [1.29, 1.82) is 0 Å². The summed E-state index contributed by atoms with van der Waals surface area (Å²) < 4.78 is 12.8. The van der Waals surface area contributed by atoms with Crippen LogP contribution in [0.5, 0.6) is 11.5 Å². The molecule has 0 aliphatic carbocycles. The Bertz CT molecular complexity index is 1550. The van der Waals surface area contributed by atoms with Crippen LogP contribution < -0.4 is 14.8 Å². The van der Waals surface area contributed by atoms with Crippen LogP contribution in [0.25, 0.3) is 16.8 Å². The van der Waals surface area contributed by atoms with Crippen LogP contribution in [-0.4, -0.2) is 18.2 Å². The van der Waals surface area contributed by atoms with Gasteiger partial charge in [0.2, 0.25) is 0 Å². The third kappa shape index (κ3) is 5.83. The molecule has 0 saturated carbocycles. The summed E-state index contributed by atoms with van der Waals surface area (Å²) in [5.41, 5.74) is 5.05. The number of hydrogen-bond donors (Lipinski definition) is 1. The largest absolute Gasteiger partial charge is 0.493 e. The topological polar surface area (TPSA) is 59.9 Å². The molecule has 1 aliphatic heterocycles. The van der Waals surface area contributed by atoms with Crippen molar-refractivity contribution in [2.45, 2.75) is 20.5 Å². The molecule has 186 valence electrons. The minimum Gasteiger partial charge on any atom is -0.493 e. The quantitative estimate of drug-likeness (QED) is 0.179. The van der Waals surface area contributed by atoms with Crippen molar-refractivity contribution in [3.05, 3.63) is 104 Å². The highest BCUT2D eigenvalue weighted by molar-refractivity contribution is 14.1. The maximum atomic E-state index is 12.6. The van der Waals surface area contributed by atoms with E-state index in [2.05, 4.69) is 63.2 Å². The third-order valence-electron chi connectivity index (χ3n) is 5.89. The molecule has 4 aromatic rings. The number of nitrogens with zero attached hydrogens (tertiary/aromatic N) is 1. The summed E-state index contributed by atoms with van der Waals surface area (Å²) in [4.78, 5) is 17.8. The van der Waals surface area contributed by atoms with E-state index < -0.39 is 0 Å². The van der Waals surface area contributed by atoms with Crippen LogP contribution in [0.3, 0.4) is 0 Å². The zero-order chi connectivity index (χ0) is 25.9. The van der Waals surface area contributed by atoms with Crippen molar-refractivity contribution in [1.82, 2.24) is 5.32 Å². The van der Waals surface area contributed by atoms with E-state index in [1.54, 1.807) is 7.11 Å². The molecule has 1 fully saturated rings. The molecule has 0 unspecified atom stereocenters. The summed E-state index contributed by atoms with van der Waals surface area (Å²) in [6, 6.07) is 24.5. The van der Waals surface area contributed by atoms with Crippen molar-refractivity contribution in [3.63, 3.8) is 0 Å². The summed E-state index contributed by atoms with van der Waals surface area (Å²) in [5, 5.41) is 5.78. The van der Waals surface area contributed by atoms with E-state index in [1.165, 1.54) is 22.5 Å². The van der Waals surface area contributed by atoms with Gasteiger partial charge in [-0.2, -0.15) is 0 Å². The minimum absolute atomic E-state index is 0.168. The SMILES string of the molecule is COc1cc(/C=C2\SC(=Nc3cc(C)cc(C)c3)NC2=O)cc(I)c1OCc1cccc2ccccc12. The number of hydrogen-bond acceptors (Lipinski definition) is 5. The molecule has 7 heteroatoms. The first kappa shape index (κ1) is 25.4. The number of aliphatic imine (C=N–C) groups is 1. The van der Waals surface area contributed by atoms with Gasteiger partial charge >= 0.3 is 0 Å². The fourth-order valence-corrected chi connectivity index (χ4v) is 5.92. The van der Waals surface area contributed by atoms with E-state index in [4.69, 9.17) is 9.47 Å². The predicted octanol–water partition coefficient (Wildman–Crippen LogP) is 7.54. The molecule has 0 spiro atoms. The van der Waals surface area contributed by atoms with Gasteiger partial charge in [0.05, 0.1) is 21.3 Å². The van der Waals surface area contributed by atoms with Crippen LogP contribution in [0.1, 0.15) is 22.3 Å². The lowest BCUT2D eigenvalue weighted by molar-refractivity contribution is -0.115. The molecule has 1 amide bonds. The van der Waals surface area contributed by atoms with Crippen molar-refractivity contribution in [2.24, 2.45) is 4.99 Å². The van der Waals surface area contributed by atoms with E-state index in [0.29, 0.717) is 28.2 Å². The highest BCUT2D eigenvalue weighted by Crippen LogP contribution is 2.37. The number of methoxy groups -OCH3 is 1. The highest BCUT2D eigenvalue weighted by atomic mass is 127. The summed E-state index contributed by atoms with van der Waals surface area (Å²) in [7, 11) is 1.62. The molecular weight excluding hydrogens is 595 g/mol. The summed E-state index contributed by atoms with van der Waals surface area (Å²) >= 11 is 3.58. The molecule has 5 rings (SSSR count). The van der Waals surface area contributed by atoms with Gasteiger partial charge in [0, 0.05) is 0 Å². The second-order valence-electron chi connectivity index (χ2n) is 8.79. The number of carbonyl (C=O) groups is 1. The number of carbonyl (C=O) groups excluding carboxylic acids is 1. The normalized spacial score (nSPS) is 15.4. The number of nitrogens with one attached hydrogen (secondary N) is 1. The van der Waals surface area contributed by atoms with Gasteiger partial charge in [-0.3, -0.25) is 4.79 Å². The maximum absolute atomic E-state index is 12.6. The fourth-order valence-electron chi connectivity index (χ4n) is 4.30. The number of benzene rings is 4. The number of thioether (sulfide) groups is 1. The number of halogens is 1. The number of amidine groups is 1. The van der Waals surface area contributed by atoms with E-state index in [0.717, 1.165) is 31.5 Å². The van der Waals surface area contributed by atoms with Crippen molar-refractivity contribution in [2.75, 3.05) is 7.11 Å². The fraction of sp³-hybridized carbons (Fsp3) is 0.133. The number of ether oxygens (including phenoxy) is 2. The van der Waals surface area contributed by atoms with Crippen LogP contribution in [0, 0.1) is 17.4 Å². The molecule has 1 heterocycles. The molecule has 0 bridgehead atoms. The van der Waals surface area contributed by atoms with Crippen LogP contribution in [0.4, 0.5) is 5.69 Å². The monoisotopic (exact) mass is 620 g/mol. The Morgan fingerprint density at radius 3 is 2.54 bits per heavy atom. The first-order valence-corrected chi connectivity index (χ1v) is 13.6. The highest BCUT2D eigenvalue weighted by Gasteiger charge is 2.24. The predicted molar refractivity (Wildman–Crippen MR) is 161 cm³/mol. The Morgan fingerprint density at radius 1 is 1.00 bits per heavy atom. The lowest BCUT2D eigenvalue weighted by Crippen LogP contribution is -2.19. The minimum atomic E-state index is -0.168. The smallest absolute Gasteiger partial charge is 0.264 e. The van der Waals surface area contributed by atoms with E-state index in [-0.39, 0.29) is 5.91 Å². The van der Waals surface area contributed by atoms with Crippen LogP contribution >= 0.6 is 34.4 Å². The van der Waals surface area contributed by atoms with Gasteiger partial charge in [-0.15, -0.1) is 0 Å². The molecule has 4 aromatic carbocycles. The van der Waals surface area contributed by atoms with Crippen LogP contribution in [0.2, 0.25) is 0 Å². The Labute approximate surface area is 234 Å². The van der Waals surface area contributed by atoms with Gasteiger partial charge < -0.3 is 14.8 Å². The second-order valence-corrected chi connectivity index (χ2v) is 11.0. The number of aryl methyl sites for hydroxylation is 2. The van der Waals surface area contributed by atoms with Gasteiger partial charge in [-0.25, -0.2) is 4.99 Å². The molecule has 5 nitrogen and oxygen atoms in total. The summed E-state index contributed by atoms with van der Waals surface area (Å²) in [5.74, 6) is 1.13. The zero-order valence-electron chi connectivity index (χ0n) is 20.7. The first-order chi connectivity index (χ1) is 17.9. The average Bonchev–Trinajstić information content (AvgIpc) is 3.20. The Morgan fingerprint density at radius 2 is 1.76 bits per heavy atom. The van der Waals surface area contributed by atoms with Crippen molar-refractivity contribution >= 4 is 68.0 Å². The molecule has 1 aliphatic rings. The molecule has 1 N–H and O–H groups in total. The van der Waals surface area contributed by atoms with E-state index in [1.807, 2.05) is 62.4 Å². The van der Waals surface area contributed by atoms with Gasteiger partial charge in [0.1, 0.15) is 6.61 Å². The lowest BCUT2D eigenvalue weighted by atomic mass is 10.1. The molecule has 1 saturated heterocycles. The van der Waals surface area contributed by atoms with E-state index in [9.17, 15) is 4.79 Å². The second kappa shape index (κ2) is 11.0. The molecule has 0 aromatic heterocycles. The average molecular weight is 621 g/mol. The molecule has 0 radical (unpaired) electrons. The number of fused-ring (bicyclic) bond motifs is 1. The Balaban J connectivity index is 1.37. The van der Waals surface area contributed by atoms with E-state index >= 15 is 0 Å². The molecular formula is C30H25IN2O3S. The summed E-state index contributed by atoms with van der Waals surface area (Å²) in [6.07, 6.45) is 1.85.